The maximum atomic E-state index is 12.0. The van der Waals surface area contributed by atoms with Crippen molar-refractivity contribution in [3.05, 3.63) is 35.4 Å². The van der Waals surface area contributed by atoms with Crippen molar-refractivity contribution in [2.24, 2.45) is 0 Å². The van der Waals surface area contributed by atoms with Crippen LogP contribution in [0.2, 0.25) is 0 Å². The summed E-state index contributed by atoms with van der Waals surface area (Å²) in [5.74, 6) is -1.46. The van der Waals surface area contributed by atoms with Gasteiger partial charge in [0, 0.05) is 24.9 Å². The van der Waals surface area contributed by atoms with E-state index in [1.807, 2.05) is 19.1 Å². The summed E-state index contributed by atoms with van der Waals surface area (Å²) in [6.07, 6.45) is 1.05. The van der Waals surface area contributed by atoms with Crippen molar-refractivity contribution in [2.75, 3.05) is 13.1 Å². The van der Waals surface area contributed by atoms with E-state index in [0.29, 0.717) is 12.1 Å². The highest BCUT2D eigenvalue weighted by molar-refractivity contribution is 5.98. The Bertz CT molecular complexity index is 508. The predicted octanol–water partition coefficient (Wildman–Crippen LogP) is 2.15. The average Bonchev–Trinajstić information content (AvgIpc) is 2.49. The largest absolute Gasteiger partial charge is 0.480 e. The quantitative estimate of drug-likeness (QED) is 0.745. The first-order valence-electron chi connectivity index (χ1n) is 7.09. The molecule has 0 bridgehead atoms. The lowest BCUT2D eigenvalue weighted by Crippen LogP contribution is -2.35. The summed E-state index contributed by atoms with van der Waals surface area (Å²) in [7, 11) is 0. The first-order chi connectivity index (χ1) is 9.97. The molecule has 1 aromatic rings. The third-order valence-electron chi connectivity index (χ3n) is 3.31. The van der Waals surface area contributed by atoms with Gasteiger partial charge in [-0.15, -0.1) is 0 Å². The molecule has 0 fully saturated rings. The van der Waals surface area contributed by atoms with Crippen LogP contribution >= 0.6 is 0 Å². The monoisotopic (exact) mass is 291 g/mol. The molecule has 0 saturated carbocycles. The summed E-state index contributed by atoms with van der Waals surface area (Å²) in [5.41, 5.74) is 1.74. The van der Waals surface area contributed by atoms with Crippen LogP contribution in [0.25, 0.3) is 0 Å². The van der Waals surface area contributed by atoms with Crippen LogP contribution in [-0.2, 0) is 16.0 Å². The fourth-order valence-electron chi connectivity index (χ4n) is 1.99. The van der Waals surface area contributed by atoms with Crippen LogP contribution in [0.15, 0.2) is 24.3 Å². The summed E-state index contributed by atoms with van der Waals surface area (Å²) >= 11 is 0. The third-order valence-corrected chi connectivity index (χ3v) is 3.31. The van der Waals surface area contributed by atoms with Gasteiger partial charge in [0.05, 0.1) is 0 Å². The molecule has 21 heavy (non-hydrogen) atoms. The number of Topliss-reactive ketones (excluding diaryl/α,β-unsaturated/α-hetero) is 1. The molecule has 0 heterocycles. The molecule has 0 unspecified atom stereocenters. The van der Waals surface area contributed by atoms with Crippen molar-refractivity contribution in [2.45, 2.75) is 33.1 Å². The Hall–Kier alpha value is -2.17. The van der Waals surface area contributed by atoms with Crippen molar-refractivity contribution < 1.29 is 19.5 Å². The molecule has 114 valence electrons. The molecule has 0 aromatic heterocycles. The van der Waals surface area contributed by atoms with Crippen LogP contribution in [0.5, 0.6) is 0 Å². The smallest absolute Gasteiger partial charge is 0.323 e. The first-order valence-corrected chi connectivity index (χ1v) is 7.09. The van der Waals surface area contributed by atoms with Gasteiger partial charge in [-0.25, -0.2) is 0 Å². The van der Waals surface area contributed by atoms with Gasteiger partial charge in [0.2, 0.25) is 5.91 Å². The highest BCUT2D eigenvalue weighted by atomic mass is 16.4. The van der Waals surface area contributed by atoms with Crippen molar-refractivity contribution in [3.63, 3.8) is 0 Å². The molecular formula is C16H21NO4. The van der Waals surface area contributed by atoms with Gasteiger partial charge in [0.15, 0.2) is 5.78 Å². The van der Waals surface area contributed by atoms with Gasteiger partial charge in [-0.2, -0.15) is 0 Å². The van der Waals surface area contributed by atoms with Crippen LogP contribution in [0, 0.1) is 0 Å². The zero-order valence-corrected chi connectivity index (χ0v) is 12.5. The van der Waals surface area contributed by atoms with Gasteiger partial charge in [-0.3, -0.25) is 14.4 Å². The van der Waals surface area contributed by atoms with Gasteiger partial charge >= 0.3 is 5.97 Å². The third kappa shape index (κ3) is 5.38. The number of carbonyl (C=O) groups is 3. The molecule has 1 aromatic carbocycles. The number of hydrogen-bond donors (Lipinski definition) is 1. The second-order valence-corrected chi connectivity index (χ2v) is 4.78. The molecule has 0 spiro atoms. The number of carboxylic acid groups (broad SMARTS) is 1. The Morgan fingerprint density at radius 2 is 1.67 bits per heavy atom. The molecule has 5 heteroatoms. The molecule has 1 amide bonds. The second kappa shape index (κ2) is 8.19. The zero-order chi connectivity index (χ0) is 15.8. The highest BCUT2D eigenvalue weighted by Gasteiger charge is 2.16. The minimum absolute atomic E-state index is 0.0372. The second-order valence-electron chi connectivity index (χ2n) is 4.78. The van der Waals surface area contributed by atoms with Crippen LogP contribution in [0.4, 0.5) is 0 Å². The van der Waals surface area contributed by atoms with Crippen LogP contribution < -0.4 is 0 Å². The molecule has 0 aliphatic heterocycles. The van der Waals surface area contributed by atoms with Crippen molar-refractivity contribution in [3.8, 4) is 0 Å². The number of nitrogens with zero attached hydrogens (tertiary/aromatic N) is 1. The number of carbonyl (C=O) groups excluding carboxylic acids is 2. The van der Waals surface area contributed by atoms with E-state index < -0.39 is 5.97 Å². The molecule has 1 rings (SSSR count). The fourth-order valence-corrected chi connectivity index (χ4v) is 1.99. The Labute approximate surface area is 124 Å². The molecule has 0 radical (unpaired) electrons. The Morgan fingerprint density at radius 3 is 2.14 bits per heavy atom. The van der Waals surface area contributed by atoms with Gasteiger partial charge in [0.25, 0.3) is 0 Å². The number of likely N-dealkylation sites (N-methyl/N-ethyl adjacent to an activating group) is 1. The van der Waals surface area contributed by atoms with Crippen molar-refractivity contribution in [1.82, 2.24) is 4.90 Å². The number of hydrogen-bond acceptors (Lipinski definition) is 3. The van der Waals surface area contributed by atoms with Crippen LogP contribution in [0.1, 0.15) is 42.6 Å². The summed E-state index contributed by atoms with van der Waals surface area (Å²) in [5, 5.41) is 8.71. The molecule has 0 atom stereocenters. The average molecular weight is 291 g/mol. The van der Waals surface area contributed by atoms with E-state index in [9.17, 15) is 14.4 Å². The number of benzene rings is 1. The molecular weight excluding hydrogens is 270 g/mol. The summed E-state index contributed by atoms with van der Waals surface area (Å²) < 4.78 is 0. The summed E-state index contributed by atoms with van der Waals surface area (Å²) in [6.45, 7) is 3.75. The SMILES string of the molecule is CCc1ccc(C(=O)CCC(=O)N(CC)CC(=O)O)cc1. The van der Waals surface area contributed by atoms with E-state index in [1.54, 1.807) is 19.1 Å². The number of aliphatic carboxylic acids is 1. The first kappa shape index (κ1) is 16.9. The summed E-state index contributed by atoms with van der Waals surface area (Å²) in [6, 6.07) is 7.33. The Balaban J connectivity index is 2.54. The van der Waals surface area contributed by atoms with Crippen molar-refractivity contribution in [1.29, 1.82) is 0 Å². The lowest BCUT2D eigenvalue weighted by Gasteiger charge is -2.18. The van der Waals surface area contributed by atoms with E-state index in [1.165, 1.54) is 4.90 Å². The fraction of sp³-hybridized carbons (Fsp3) is 0.438. The lowest BCUT2D eigenvalue weighted by atomic mass is 10.0. The number of ketones is 1. The van der Waals surface area contributed by atoms with Gasteiger partial charge in [-0.05, 0) is 18.9 Å². The number of amides is 1. The minimum atomic E-state index is -1.05. The molecule has 1 N–H and O–H groups in total. The molecule has 5 nitrogen and oxygen atoms in total. The number of carboxylic acids is 1. The van der Waals surface area contributed by atoms with E-state index in [-0.39, 0.29) is 31.1 Å². The number of aryl methyl sites for hydroxylation is 1. The van der Waals surface area contributed by atoms with Gasteiger partial charge < -0.3 is 10.0 Å². The predicted molar refractivity (Wildman–Crippen MR) is 79.3 cm³/mol. The van der Waals surface area contributed by atoms with E-state index >= 15 is 0 Å². The highest BCUT2D eigenvalue weighted by Crippen LogP contribution is 2.09. The van der Waals surface area contributed by atoms with Gasteiger partial charge in [-0.1, -0.05) is 31.2 Å². The van der Waals surface area contributed by atoms with Gasteiger partial charge in [0.1, 0.15) is 6.54 Å². The molecule has 0 aliphatic rings. The lowest BCUT2D eigenvalue weighted by molar-refractivity contribution is -0.144. The van der Waals surface area contributed by atoms with E-state index in [2.05, 4.69) is 0 Å². The van der Waals surface area contributed by atoms with Crippen molar-refractivity contribution >= 4 is 17.7 Å². The van der Waals surface area contributed by atoms with E-state index in [4.69, 9.17) is 5.11 Å². The standard InChI is InChI=1S/C16H21NO4/c1-3-12-5-7-13(8-6-12)14(18)9-10-15(19)17(4-2)11-16(20)21/h5-8H,3-4,9-11H2,1-2H3,(H,20,21). The molecule has 0 saturated heterocycles. The normalized spacial score (nSPS) is 10.2. The Morgan fingerprint density at radius 1 is 1.05 bits per heavy atom. The maximum Gasteiger partial charge on any atom is 0.323 e. The topological polar surface area (TPSA) is 74.7 Å². The number of rotatable bonds is 8. The molecule has 0 aliphatic carbocycles. The Kier molecular flexibility index (Phi) is 6.59. The summed E-state index contributed by atoms with van der Waals surface area (Å²) in [4.78, 5) is 35.7. The van der Waals surface area contributed by atoms with E-state index in [0.717, 1.165) is 12.0 Å². The minimum Gasteiger partial charge on any atom is -0.480 e. The van der Waals surface area contributed by atoms with Crippen LogP contribution in [0.3, 0.4) is 0 Å². The zero-order valence-electron chi connectivity index (χ0n) is 12.5. The maximum absolute atomic E-state index is 12.0. The van der Waals surface area contributed by atoms with Crippen LogP contribution in [-0.4, -0.2) is 40.8 Å².